The summed E-state index contributed by atoms with van der Waals surface area (Å²) in [5.74, 6) is -1.85. The molecule has 35 heavy (non-hydrogen) atoms. The summed E-state index contributed by atoms with van der Waals surface area (Å²) < 4.78 is 113. The van der Waals surface area contributed by atoms with Gasteiger partial charge in [0, 0.05) is 0 Å². The Morgan fingerprint density at radius 2 is 1.54 bits per heavy atom. The van der Waals surface area contributed by atoms with Gasteiger partial charge in [-0.2, -0.15) is 26.3 Å². The molecule has 2 aromatic carbocycles. The number of hydrogen-bond donors (Lipinski definition) is 2. The Kier molecular flexibility index (Phi) is 10.1. The number of nitrogens with two attached hydrogens (primary N) is 1. The molecule has 0 bridgehead atoms. The Morgan fingerprint density at radius 1 is 0.914 bits per heavy atom. The van der Waals surface area contributed by atoms with Gasteiger partial charge in [0.05, 0.1) is 36.5 Å². The summed E-state index contributed by atoms with van der Waals surface area (Å²) in [5, 5.41) is 9.42. The Hall–Kier alpha value is -2.14. The van der Waals surface area contributed by atoms with Crippen molar-refractivity contribution in [3.63, 3.8) is 0 Å². The Labute approximate surface area is 198 Å². The van der Waals surface area contributed by atoms with Gasteiger partial charge in [0.25, 0.3) is 0 Å². The molecule has 0 aliphatic heterocycles. The molecule has 0 saturated heterocycles. The zero-order valence-electron chi connectivity index (χ0n) is 18.4. The summed E-state index contributed by atoms with van der Waals surface area (Å²) in [7, 11) is -1.54. The average Bonchev–Trinajstić information content (AvgIpc) is 2.78. The molecule has 0 spiro atoms. The van der Waals surface area contributed by atoms with Crippen LogP contribution in [0, 0.1) is 5.82 Å². The van der Waals surface area contributed by atoms with Crippen LogP contribution in [0.25, 0.3) is 0 Å². The Bertz CT molecular complexity index is 1000. The molecule has 5 nitrogen and oxygen atoms in total. The minimum Gasteiger partial charge on any atom is -0.493 e. The van der Waals surface area contributed by atoms with Crippen LogP contribution >= 0.6 is 8.69 Å². The van der Waals surface area contributed by atoms with Gasteiger partial charge in [0.2, 0.25) is 0 Å². The molecule has 13 heteroatoms. The molecule has 0 aliphatic rings. The van der Waals surface area contributed by atoms with Crippen LogP contribution in [0.4, 0.5) is 30.7 Å². The van der Waals surface area contributed by atoms with E-state index in [0.29, 0.717) is 6.07 Å². The highest BCUT2D eigenvalue weighted by atomic mass is 31.1. The highest BCUT2D eigenvalue weighted by Crippen LogP contribution is 2.37. The number of hydrogen-bond acceptors (Lipinski definition) is 5. The van der Waals surface area contributed by atoms with Gasteiger partial charge in [-0.3, -0.25) is 4.57 Å². The van der Waals surface area contributed by atoms with Gasteiger partial charge in [-0.05, 0) is 61.1 Å². The third kappa shape index (κ3) is 8.79. The molecule has 0 saturated carbocycles. The zero-order chi connectivity index (χ0) is 26.3. The lowest BCUT2D eigenvalue weighted by atomic mass is 9.93. The lowest BCUT2D eigenvalue weighted by Crippen LogP contribution is -2.47. The largest absolute Gasteiger partial charge is 0.493 e. The van der Waals surface area contributed by atoms with Crippen molar-refractivity contribution in [2.75, 3.05) is 19.8 Å². The molecular formula is C22H25F7NO4P. The lowest BCUT2D eigenvalue weighted by Gasteiger charge is -2.26. The van der Waals surface area contributed by atoms with E-state index in [0.717, 1.165) is 24.3 Å². The fraction of sp³-hybridized carbons (Fsp3) is 0.455. The summed E-state index contributed by atoms with van der Waals surface area (Å²) >= 11 is 0. The summed E-state index contributed by atoms with van der Waals surface area (Å²) in [4.78, 5) is 0. The van der Waals surface area contributed by atoms with Crippen LogP contribution in [0.15, 0.2) is 36.4 Å². The maximum atomic E-state index is 13.6. The second-order valence-corrected chi connectivity index (χ2v) is 8.55. The van der Waals surface area contributed by atoms with Gasteiger partial charge in [-0.1, -0.05) is 12.1 Å². The molecule has 2 unspecified atom stereocenters. The predicted molar refractivity (Wildman–Crippen MR) is 115 cm³/mol. The van der Waals surface area contributed by atoms with Crippen molar-refractivity contribution in [3.05, 3.63) is 64.5 Å². The van der Waals surface area contributed by atoms with Crippen molar-refractivity contribution in [1.29, 1.82) is 0 Å². The minimum atomic E-state index is -4.82. The first-order chi connectivity index (χ1) is 16.3. The van der Waals surface area contributed by atoms with E-state index < -0.39 is 55.9 Å². The number of aliphatic hydroxyl groups is 1. The van der Waals surface area contributed by atoms with Crippen LogP contribution < -0.4 is 10.5 Å². The summed E-state index contributed by atoms with van der Waals surface area (Å²) in [6.07, 6.45) is -9.16. The van der Waals surface area contributed by atoms with Crippen LogP contribution in [-0.2, 0) is 34.3 Å². The van der Waals surface area contributed by atoms with Crippen molar-refractivity contribution in [3.8, 4) is 5.75 Å². The predicted octanol–water partition coefficient (Wildman–Crippen LogP) is 5.19. The highest BCUT2D eigenvalue weighted by Gasteiger charge is 2.35. The van der Waals surface area contributed by atoms with Crippen LogP contribution in [0.1, 0.15) is 35.1 Å². The molecule has 3 N–H and O–H groups in total. The maximum Gasteiger partial charge on any atom is 0.419 e. The third-order valence-corrected chi connectivity index (χ3v) is 5.52. The number of benzene rings is 2. The zero-order valence-corrected chi connectivity index (χ0v) is 19.5. The van der Waals surface area contributed by atoms with Gasteiger partial charge in [-0.25, -0.2) is 4.39 Å². The lowest BCUT2D eigenvalue weighted by molar-refractivity contribution is -0.140. The number of ether oxygens (including phenoxy) is 1. The minimum absolute atomic E-state index is 0.0735. The van der Waals surface area contributed by atoms with Crippen molar-refractivity contribution >= 4 is 8.69 Å². The second-order valence-electron chi connectivity index (χ2n) is 8.02. The normalized spacial score (nSPS) is 14.4. The summed E-state index contributed by atoms with van der Waals surface area (Å²) in [6, 6.07) is 5.92. The molecule has 0 radical (unpaired) electrons. The quantitative estimate of drug-likeness (QED) is 0.224. The molecule has 0 heterocycles. The Balaban J connectivity index is 2.02. The molecular weight excluding hydrogens is 506 g/mol. The monoisotopic (exact) mass is 531 g/mol. The number of rotatable bonds is 12. The number of halogens is 7. The molecule has 2 rings (SSSR count). The van der Waals surface area contributed by atoms with Gasteiger partial charge < -0.3 is 20.1 Å². The van der Waals surface area contributed by atoms with Crippen LogP contribution in [0.5, 0.6) is 5.75 Å². The molecule has 0 aromatic heterocycles. The molecule has 2 aromatic rings. The van der Waals surface area contributed by atoms with Crippen LogP contribution in [0.3, 0.4) is 0 Å². The smallest absolute Gasteiger partial charge is 0.419 e. The van der Waals surface area contributed by atoms with E-state index in [2.05, 4.69) is 0 Å². The molecule has 196 valence electrons. The van der Waals surface area contributed by atoms with Crippen molar-refractivity contribution < 1.29 is 49.7 Å². The third-order valence-electron chi connectivity index (χ3n) is 5.22. The van der Waals surface area contributed by atoms with Gasteiger partial charge >= 0.3 is 12.4 Å². The number of alkyl halides is 6. The fourth-order valence-corrected chi connectivity index (χ4v) is 3.67. The maximum absolute atomic E-state index is 13.6. The first kappa shape index (κ1) is 29.1. The first-order valence-corrected chi connectivity index (χ1v) is 11.4. The van der Waals surface area contributed by atoms with Gasteiger partial charge in [0.1, 0.15) is 11.6 Å². The van der Waals surface area contributed by atoms with E-state index in [1.807, 2.05) is 0 Å². The topological polar surface area (TPSA) is 81.8 Å². The average molecular weight is 531 g/mol. The van der Waals surface area contributed by atoms with Gasteiger partial charge in [-0.15, -0.1) is 0 Å². The SMILES string of the molecule is NC(CO)(CCc1ccc(OCCCc2ccc(C(F)(F)F)c(F)c2)c(C(F)(F)F)c1)CO[PH2]=O. The van der Waals surface area contributed by atoms with Crippen LogP contribution in [0.2, 0.25) is 0 Å². The highest BCUT2D eigenvalue weighted by molar-refractivity contribution is 7.17. The van der Waals surface area contributed by atoms with Crippen molar-refractivity contribution in [2.24, 2.45) is 5.73 Å². The number of aryl methyl sites for hydroxylation is 2. The van der Waals surface area contributed by atoms with Crippen molar-refractivity contribution in [1.82, 2.24) is 0 Å². The standard InChI is InChI=1S/C22H25F7NO4P/c23-18-11-14(3-5-16(18)21(24,25)26)2-1-9-33-19-6-4-15(10-17(19)22(27,28)29)7-8-20(30,12-31)13-34-35-32/h3-6,10-11,31H,1-2,7-9,12-13,30,35H2. The van der Waals surface area contributed by atoms with Crippen molar-refractivity contribution in [2.45, 2.75) is 43.6 Å². The summed E-state index contributed by atoms with van der Waals surface area (Å²) in [6.45, 7) is -0.905. The van der Waals surface area contributed by atoms with E-state index in [1.54, 1.807) is 0 Å². The first-order valence-electron chi connectivity index (χ1n) is 10.4. The summed E-state index contributed by atoms with van der Waals surface area (Å²) in [5.41, 5.74) is 2.78. The molecule has 0 aliphatic carbocycles. The fourth-order valence-electron chi connectivity index (χ4n) is 3.27. The molecule has 0 amide bonds. The molecule has 2 atom stereocenters. The molecule has 0 fully saturated rings. The number of aliphatic hydroxyl groups excluding tert-OH is 1. The van der Waals surface area contributed by atoms with E-state index >= 15 is 0 Å². The van der Waals surface area contributed by atoms with E-state index in [4.69, 9.17) is 15.0 Å². The second kappa shape index (κ2) is 12.2. The van der Waals surface area contributed by atoms with Gasteiger partial charge in [0.15, 0.2) is 8.69 Å². The Morgan fingerprint density at radius 3 is 2.11 bits per heavy atom. The van der Waals surface area contributed by atoms with E-state index in [1.165, 1.54) is 6.07 Å². The van der Waals surface area contributed by atoms with Crippen LogP contribution in [-0.4, -0.2) is 30.5 Å². The van der Waals surface area contributed by atoms with E-state index in [-0.39, 0.29) is 50.0 Å². The van der Waals surface area contributed by atoms with E-state index in [9.17, 15) is 40.4 Å².